The highest BCUT2D eigenvalue weighted by atomic mass is 16.6. The van der Waals surface area contributed by atoms with Gasteiger partial charge in [-0.25, -0.2) is 29.5 Å². The van der Waals surface area contributed by atoms with Gasteiger partial charge in [0.1, 0.15) is 11.9 Å². The van der Waals surface area contributed by atoms with Crippen LogP contribution in [0.4, 0.5) is 34.4 Å². The number of anilines is 5. The third-order valence-corrected chi connectivity index (χ3v) is 9.29. The van der Waals surface area contributed by atoms with Crippen LogP contribution in [-0.2, 0) is 9.47 Å². The summed E-state index contributed by atoms with van der Waals surface area (Å²) in [6.07, 6.45) is 8.73. The third kappa shape index (κ3) is 11.7. The van der Waals surface area contributed by atoms with Gasteiger partial charge >= 0.3 is 17.6 Å². The second-order valence-electron chi connectivity index (χ2n) is 13.5. The van der Waals surface area contributed by atoms with E-state index in [4.69, 9.17) is 17.2 Å². The molecular formula is C42H44N14O8. The highest BCUT2D eigenvalue weighted by Crippen LogP contribution is 2.26. The number of nitrogen functional groups attached to an aromatic ring is 3. The van der Waals surface area contributed by atoms with Crippen LogP contribution in [0, 0.1) is 10.1 Å². The monoisotopic (exact) mass is 872 g/mol. The molecule has 0 aliphatic rings. The Morgan fingerprint density at radius 3 is 1.58 bits per heavy atom. The maximum atomic E-state index is 12.6. The van der Waals surface area contributed by atoms with Gasteiger partial charge in [-0.2, -0.15) is 0 Å². The van der Waals surface area contributed by atoms with Gasteiger partial charge in [-0.3, -0.25) is 29.7 Å². The zero-order valence-corrected chi connectivity index (χ0v) is 35.1. The van der Waals surface area contributed by atoms with E-state index in [0.29, 0.717) is 64.7 Å². The number of methoxy groups -OCH3 is 2. The number of hydrogen-bond acceptors (Lipinski definition) is 19. The molecule has 0 spiro atoms. The molecule has 0 atom stereocenters. The molecule has 6 aromatic rings. The van der Waals surface area contributed by atoms with Gasteiger partial charge in [-0.15, -0.1) is 0 Å². The van der Waals surface area contributed by atoms with Gasteiger partial charge in [0.05, 0.1) is 60.5 Å². The molecule has 0 saturated carbocycles. The van der Waals surface area contributed by atoms with Gasteiger partial charge in [-0.05, 0) is 36.4 Å². The van der Waals surface area contributed by atoms with Gasteiger partial charge in [-0.1, -0.05) is 24.3 Å². The largest absolute Gasteiger partial charge is 0.464 e. The number of hydrogen-bond donors (Lipinski definition) is 5. The summed E-state index contributed by atoms with van der Waals surface area (Å²) in [5, 5.41) is 16.8. The van der Waals surface area contributed by atoms with E-state index in [0.717, 1.165) is 5.69 Å². The molecule has 0 radical (unpaired) electrons. The first-order valence-electron chi connectivity index (χ1n) is 19.1. The predicted molar refractivity (Wildman–Crippen MR) is 237 cm³/mol. The van der Waals surface area contributed by atoms with Crippen molar-refractivity contribution in [3.8, 4) is 22.5 Å². The Balaban J connectivity index is 0.000000241. The highest BCUT2D eigenvalue weighted by Gasteiger charge is 2.19. The molecule has 2 aromatic carbocycles. The normalized spacial score (nSPS) is 10.4. The number of pyridine rings is 2. The number of aromatic nitrogens is 6. The van der Waals surface area contributed by atoms with E-state index in [1.165, 1.54) is 39.0 Å². The standard InChI is InChI=1S/C21H21N7O5.C21H23N7O3/c1-27(16-6-7-23-12-17(16)28(31)32)9-8-24-20(29)14-5-3-4-13(10-14)15-11-25-19(22)18(26-15)21(30)33-2;1-28(17-6-7-24-11-15(17)22)9-8-25-20(29)14-5-3-4-13(10-14)16-12-26-19(23)18(27-16)21(30)31-2/h3-7,10-12H,8-9H2,1-2H3,(H2,22,25)(H,24,29);3-7,10-12H,8-9,22H2,1-2H3,(H2,23,26)(H,25,29). The number of ether oxygens (including phenoxy) is 2. The number of benzene rings is 2. The fraction of sp³-hybridized carbons (Fsp3) is 0.190. The van der Waals surface area contributed by atoms with Crippen molar-refractivity contribution in [1.82, 2.24) is 40.5 Å². The molecule has 4 aromatic heterocycles. The van der Waals surface area contributed by atoms with Crippen molar-refractivity contribution in [3.05, 3.63) is 130 Å². The maximum absolute atomic E-state index is 12.6. The first-order valence-corrected chi connectivity index (χ1v) is 19.1. The van der Waals surface area contributed by atoms with Crippen LogP contribution in [-0.4, -0.2) is 113 Å². The van der Waals surface area contributed by atoms with Crippen LogP contribution in [0.1, 0.15) is 41.7 Å². The lowest BCUT2D eigenvalue weighted by atomic mass is 10.1. The molecule has 330 valence electrons. The summed E-state index contributed by atoms with van der Waals surface area (Å²) in [6, 6.07) is 16.8. The molecule has 2 amide bonds. The Morgan fingerprint density at radius 2 is 1.12 bits per heavy atom. The van der Waals surface area contributed by atoms with Crippen LogP contribution in [0.15, 0.2) is 97.8 Å². The number of esters is 2. The van der Waals surface area contributed by atoms with Crippen molar-refractivity contribution in [2.45, 2.75) is 0 Å². The second kappa shape index (κ2) is 21.6. The molecule has 22 nitrogen and oxygen atoms in total. The van der Waals surface area contributed by atoms with Gasteiger partial charge in [0, 0.05) is 74.9 Å². The van der Waals surface area contributed by atoms with E-state index in [9.17, 15) is 29.3 Å². The van der Waals surface area contributed by atoms with Crippen molar-refractivity contribution in [1.29, 1.82) is 0 Å². The fourth-order valence-electron chi connectivity index (χ4n) is 5.92. The number of amides is 2. The molecule has 0 saturated heterocycles. The first kappa shape index (κ1) is 46.2. The van der Waals surface area contributed by atoms with E-state index in [1.54, 1.807) is 78.9 Å². The summed E-state index contributed by atoms with van der Waals surface area (Å²) >= 11 is 0. The zero-order valence-electron chi connectivity index (χ0n) is 35.1. The lowest BCUT2D eigenvalue weighted by Gasteiger charge is -2.20. The number of nitrogens with two attached hydrogens (primary N) is 3. The Morgan fingerprint density at radius 1 is 0.672 bits per heavy atom. The molecule has 8 N–H and O–H groups in total. The van der Waals surface area contributed by atoms with Crippen molar-refractivity contribution in [2.75, 3.05) is 81.5 Å². The smallest absolute Gasteiger partial charge is 0.360 e. The number of nitrogens with zero attached hydrogens (tertiary/aromatic N) is 9. The van der Waals surface area contributed by atoms with Gasteiger partial charge < -0.3 is 47.1 Å². The van der Waals surface area contributed by atoms with Crippen molar-refractivity contribution in [3.63, 3.8) is 0 Å². The van der Waals surface area contributed by atoms with Crippen LogP contribution in [0.2, 0.25) is 0 Å². The number of nitrogens with one attached hydrogen (secondary N) is 2. The SMILES string of the molecule is COC(=O)c1nc(-c2cccc(C(=O)NCCN(C)c3ccncc3N)c2)cnc1N.COC(=O)c1nc(-c2cccc(C(=O)NCCN(C)c3ccncc3[N+](=O)[O-])c2)cnc1N. The summed E-state index contributed by atoms with van der Waals surface area (Å²) in [5.41, 5.74) is 21.6. The number of carbonyl (C=O) groups is 4. The average Bonchev–Trinajstić information content (AvgIpc) is 3.31. The number of carbonyl (C=O) groups excluding carboxylic acids is 4. The van der Waals surface area contributed by atoms with Crippen molar-refractivity contribution in [2.24, 2.45) is 0 Å². The van der Waals surface area contributed by atoms with E-state index in [-0.39, 0.29) is 47.1 Å². The van der Waals surface area contributed by atoms with Crippen molar-refractivity contribution >= 4 is 58.1 Å². The minimum Gasteiger partial charge on any atom is -0.464 e. The number of rotatable bonds is 15. The maximum Gasteiger partial charge on any atom is 0.360 e. The molecule has 4 heterocycles. The Kier molecular flexibility index (Phi) is 15.6. The molecule has 0 bridgehead atoms. The van der Waals surface area contributed by atoms with E-state index >= 15 is 0 Å². The van der Waals surface area contributed by atoms with Crippen LogP contribution < -0.4 is 37.6 Å². The summed E-state index contributed by atoms with van der Waals surface area (Å²) < 4.78 is 9.33. The minimum absolute atomic E-state index is 0.0246. The molecule has 0 aliphatic carbocycles. The van der Waals surface area contributed by atoms with Gasteiger partial charge in [0.25, 0.3) is 11.8 Å². The first-order chi connectivity index (χ1) is 30.7. The molecule has 0 fully saturated rings. The van der Waals surface area contributed by atoms with Crippen LogP contribution in [0.25, 0.3) is 22.5 Å². The lowest BCUT2D eigenvalue weighted by Crippen LogP contribution is -2.33. The second-order valence-corrected chi connectivity index (χ2v) is 13.5. The van der Waals surface area contributed by atoms with Crippen LogP contribution in [0.3, 0.4) is 0 Å². The molecule has 0 unspecified atom stereocenters. The predicted octanol–water partition coefficient (Wildman–Crippen LogP) is 3.04. The van der Waals surface area contributed by atoms with E-state index in [1.807, 2.05) is 18.0 Å². The molecule has 0 aliphatic heterocycles. The van der Waals surface area contributed by atoms with E-state index in [2.05, 4.69) is 50.0 Å². The topological polar surface area (TPSA) is 316 Å². The average molecular weight is 873 g/mol. The number of likely N-dealkylation sites (N-methyl/N-ethyl adjacent to an activating group) is 2. The Hall–Kier alpha value is -8.82. The van der Waals surface area contributed by atoms with Gasteiger partial charge in [0.15, 0.2) is 23.0 Å². The van der Waals surface area contributed by atoms with Gasteiger partial charge in [0.2, 0.25) is 0 Å². The summed E-state index contributed by atoms with van der Waals surface area (Å²) in [5.74, 6) is -2.06. The van der Waals surface area contributed by atoms with Crippen LogP contribution >= 0.6 is 0 Å². The molecule has 64 heavy (non-hydrogen) atoms. The van der Waals surface area contributed by atoms with Crippen LogP contribution in [0.5, 0.6) is 0 Å². The quantitative estimate of drug-likeness (QED) is 0.0562. The summed E-state index contributed by atoms with van der Waals surface area (Å²) in [4.78, 5) is 87.2. The Bertz CT molecular complexity index is 2670. The molecule has 22 heteroatoms. The van der Waals surface area contributed by atoms with Crippen molar-refractivity contribution < 1.29 is 33.6 Å². The summed E-state index contributed by atoms with van der Waals surface area (Å²) in [6.45, 7) is 1.55. The zero-order chi connectivity index (χ0) is 46.3. The third-order valence-electron chi connectivity index (χ3n) is 9.29. The minimum atomic E-state index is -0.714. The highest BCUT2D eigenvalue weighted by molar-refractivity contribution is 5.97. The molecular weight excluding hydrogens is 829 g/mol. The lowest BCUT2D eigenvalue weighted by molar-refractivity contribution is -0.384. The summed E-state index contributed by atoms with van der Waals surface area (Å²) in [7, 11) is 6.03. The number of nitro groups is 1. The Labute approximate surface area is 366 Å². The molecule has 6 rings (SSSR count). The fourth-order valence-corrected chi connectivity index (χ4v) is 5.92. The van der Waals surface area contributed by atoms with E-state index < -0.39 is 16.9 Å².